The molecule has 0 saturated heterocycles. The standard InChI is InChI=1S/C11H13N5/c1-2-8-7-5-12-6-9(7)16-11(15-8)10-13-3-4-14-10/h3-4,12H,2,5-6H2,1H3,(H,13,14). The zero-order chi connectivity index (χ0) is 11.0. The van der Waals surface area contributed by atoms with E-state index in [1.54, 1.807) is 12.4 Å². The second-order valence-electron chi connectivity index (χ2n) is 3.81. The van der Waals surface area contributed by atoms with Gasteiger partial charge in [-0.05, 0) is 6.42 Å². The molecule has 0 spiro atoms. The van der Waals surface area contributed by atoms with Gasteiger partial charge in [0, 0.05) is 36.7 Å². The average molecular weight is 215 g/mol. The van der Waals surface area contributed by atoms with Crippen molar-refractivity contribution in [3.63, 3.8) is 0 Å². The predicted molar refractivity (Wildman–Crippen MR) is 59.5 cm³/mol. The van der Waals surface area contributed by atoms with Gasteiger partial charge in [0.2, 0.25) is 0 Å². The van der Waals surface area contributed by atoms with Crippen LogP contribution in [-0.2, 0) is 19.5 Å². The number of hydrogen-bond acceptors (Lipinski definition) is 4. The topological polar surface area (TPSA) is 66.5 Å². The Bertz CT molecular complexity index is 503. The van der Waals surface area contributed by atoms with E-state index in [1.807, 2.05) is 0 Å². The maximum absolute atomic E-state index is 4.56. The Balaban J connectivity index is 2.15. The highest BCUT2D eigenvalue weighted by molar-refractivity contribution is 5.46. The van der Waals surface area contributed by atoms with E-state index in [9.17, 15) is 0 Å². The van der Waals surface area contributed by atoms with Crippen LogP contribution in [-0.4, -0.2) is 19.9 Å². The van der Waals surface area contributed by atoms with Gasteiger partial charge < -0.3 is 10.3 Å². The normalized spacial score (nSPS) is 14.1. The Morgan fingerprint density at radius 2 is 2.25 bits per heavy atom. The first-order valence-electron chi connectivity index (χ1n) is 5.47. The highest BCUT2D eigenvalue weighted by atomic mass is 15.0. The highest BCUT2D eigenvalue weighted by Gasteiger charge is 2.18. The number of aryl methyl sites for hydroxylation is 1. The first-order chi connectivity index (χ1) is 7.88. The lowest BCUT2D eigenvalue weighted by atomic mass is 10.1. The summed E-state index contributed by atoms with van der Waals surface area (Å²) in [5.74, 6) is 1.44. The molecule has 16 heavy (non-hydrogen) atoms. The van der Waals surface area contributed by atoms with Crippen molar-refractivity contribution in [3.05, 3.63) is 29.3 Å². The molecule has 0 aromatic carbocycles. The van der Waals surface area contributed by atoms with E-state index in [0.717, 1.165) is 36.7 Å². The first-order valence-corrected chi connectivity index (χ1v) is 5.47. The Hall–Kier alpha value is -1.75. The minimum absolute atomic E-state index is 0.698. The van der Waals surface area contributed by atoms with E-state index in [1.165, 1.54) is 5.56 Å². The lowest BCUT2D eigenvalue weighted by Crippen LogP contribution is -2.03. The van der Waals surface area contributed by atoms with Gasteiger partial charge in [-0.25, -0.2) is 15.0 Å². The largest absolute Gasteiger partial charge is 0.342 e. The summed E-state index contributed by atoms with van der Waals surface area (Å²) in [6.45, 7) is 3.84. The number of H-pyrrole nitrogens is 1. The summed E-state index contributed by atoms with van der Waals surface area (Å²) < 4.78 is 0. The van der Waals surface area contributed by atoms with Gasteiger partial charge in [-0.15, -0.1) is 0 Å². The zero-order valence-electron chi connectivity index (χ0n) is 9.12. The number of fused-ring (bicyclic) bond motifs is 1. The van der Waals surface area contributed by atoms with E-state index in [-0.39, 0.29) is 0 Å². The van der Waals surface area contributed by atoms with E-state index in [0.29, 0.717) is 5.82 Å². The third-order valence-electron chi connectivity index (χ3n) is 2.82. The van der Waals surface area contributed by atoms with Crippen LogP contribution in [0.15, 0.2) is 12.4 Å². The molecule has 2 aromatic heterocycles. The summed E-state index contributed by atoms with van der Waals surface area (Å²) >= 11 is 0. The Labute approximate surface area is 93.4 Å². The van der Waals surface area contributed by atoms with Crippen molar-refractivity contribution in [1.82, 2.24) is 25.3 Å². The number of imidazole rings is 1. The lowest BCUT2D eigenvalue weighted by molar-refractivity contribution is 0.755. The Kier molecular flexibility index (Phi) is 2.18. The van der Waals surface area contributed by atoms with Crippen LogP contribution in [0.5, 0.6) is 0 Å². The van der Waals surface area contributed by atoms with Crippen LogP contribution in [0.3, 0.4) is 0 Å². The molecular formula is C11H13N5. The summed E-state index contributed by atoms with van der Waals surface area (Å²) in [4.78, 5) is 16.3. The van der Waals surface area contributed by atoms with Gasteiger partial charge in [-0.3, -0.25) is 0 Å². The van der Waals surface area contributed by atoms with E-state index in [2.05, 4.69) is 32.2 Å². The number of aromatic nitrogens is 4. The molecule has 0 unspecified atom stereocenters. The molecule has 82 valence electrons. The third kappa shape index (κ3) is 1.40. The zero-order valence-corrected chi connectivity index (χ0v) is 9.12. The van der Waals surface area contributed by atoms with Crippen LogP contribution >= 0.6 is 0 Å². The summed E-state index contributed by atoms with van der Waals surface area (Å²) in [5, 5.41) is 3.30. The minimum Gasteiger partial charge on any atom is -0.342 e. The van der Waals surface area contributed by atoms with Gasteiger partial charge in [0.1, 0.15) is 0 Å². The van der Waals surface area contributed by atoms with Crippen molar-refractivity contribution >= 4 is 0 Å². The van der Waals surface area contributed by atoms with Crippen LogP contribution in [0, 0.1) is 0 Å². The summed E-state index contributed by atoms with van der Waals surface area (Å²) in [7, 11) is 0. The second kappa shape index (κ2) is 3.68. The molecule has 0 amide bonds. The third-order valence-corrected chi connectivity index (χ3v) is 2.82. The second-order valence-corrected chi connectivity index (χ2v) is 3.81. The first kappa shape index (κ1) is 9.47. The van der Waals surface area contributed by atoms with Crippen LogP contribution in [0.4, 0.5) is 0 Å². The number of aromatic amines is 1. The quantitative estimate of drug-likeness (QED) is 0.785. The van der Waals surface area contributed by atoms with Crippen molar-refractivity contribution in [2.75, 3.05) is 0 Å². The van der Waals surface area contributed by atoms with Gasteiger partial charge >= 0.3 is 0 Å². The molecule has 2 aromatic rings. The summed E-state index contributed by atoms with van der Waals surface area (Å²) in [6, 6.07) is 0. The molecule has 5 heteroatoms. The molecule has 1 aliphatic heterocycles. The fourth-order valence-electron chi connectivity index (χ4n) is 2.02. The van der Waals surface area contributed by atoms with Crippen molar-refractivity contribution in [2.24, 2.45) is 0 Å². The van der Waals surface area contributed by atoms with Crippen molar-refractivity contribution in [3.8, 4) is 11.6 Å². The van der Waals surface area contributed by atoms with Gasteiger partial charge in [0.25, 0.3) is 0 Å². The van der Waals surface area contributed by atoms with Gasteiger partial charge in [-0.2, -0.15) is 0 Å². The van der Waals surface area contributed by atoms with E-state index in [4.69, 9.17) is 0 Å². The van der Waals surface area contributed by atoms with Crippen molar-refractivity contribution in [1.29, 1.82) is 0 Å². The lowest BCUT2D eigenvalue weighted by Gasteiger charge is -2.06. The number of nitrogens with zero attached hydrogens (tertiary/aromatic N) is 3. The maximum Gasteiger partial charge on any atom is 0.196 e. The molecule has 1 aliphatic rings. The molecule has 0 saturated carbocycles. The maximum atomic E-state index is 4.56. The fraction of sp³-hybridized carbons (Fsp3) is 0.364. The number of rotatable bonds is 2. The van der Waals surface area contributed by atoms with Crippen molar-refractivity contribution < 1.29 is 0 Å². The minimum atomic E-state index is 0.698. The molecule has 0 aliphatic carbocycles. The fourth-order valence-corrected chi connectivity index (χ4v) is 2.02. The molecule has 0 fully saturated rings. The van der Waals surface area contributed by atoms with Gasteiger partial charge in [-0.1, -0.05) is 6.92 Å². The predicted octanol–water partition coefficient (Wildman–Crippen LogP) is 1.03. The van der Waals surface area contributed by atoms with Crippen molar-refractivity contribution in [2.45, 2.75) is 26.4 Å². The van der Waals surface area contributed by atoms with E-state index < -0.39 is 0 Å². The number of hydrogen-bond donors (Lipinski definition) is 2. The Morgan fingerprint density at radius 3 is 3.00 bits per heavy atom. The van der Waals surface area contributed by atoms with Crippen LogP contribution in [0.25, 0.3) is 11.6 Å². The molecule has 0 atom stereocenters. The average Bonchev–Trinajstić information content (AvgIpc) is 2.97. The van der Waals surface area contributed by atoms with Crippen LogP contribution in [0.1, 0.15) is 23.9 Å². The SMILES string of the molecule is CCc1nc(-c2ncc[nH]2)nc2c1CNC2. The van der Waals surface area contributed by atoms with Gasteiger partial charge in [0.05, 0.1) is 5.69 Å². The summed E-state index contributed by atoms with van der Waals surface area (Å²) in [5.41, 5.74) is 3.50. The Morgan fingerprint density at radius 1 is 1.31 bits per heavy atom. The van der Waals surface area contributed by atoms with Crippen LogP contribution < -0.4 is 5.32 Å². The number of nitrogens with one attached hydrogen (secondary N) is 2. The monoisotopic (exact) mass is 215 g/mol. The molecule has 0 bridgehead atoms. The molecule has 3 rings (SSSR count). The smallest absolute Gasteiger partial charge is 0.196 e. The van der Waals surface area contributed by atoms with Crippen LogP contribution in [0.2, 0.25) is 0 Å². The molecular weight excluding hydrogens is 202 g/mol. The summed E-state index contributed by atoms with van der Waals surface area (Å²) in [6.07, 6.45) is 4.44. The van der Waals surface area contributed by atoms with E-state index >= 15 is 0 Å². The molecule has 2 N–H and O–H groups in total. The molecule has 5 nitrogen and oxygen atoms in total. The molecule has 3 heterocycles. The van der Waals surface area contributed by atoms with Gasteiger partial charge in [0.15, 0.2) is 11.6 Å². The molecule has 0 radical (unpaired) electrons. The highest BCUT2D eigenvalue weighted by Crippen LogP contribution is 2.20.